The van der Waals surface area contributed by atoms with Crippen LogP contribution < -0.4 is 0 Å². The first-order valence-electron chi connectivity index (χ1n) is 6.05. The number of amides is 1. The molecule has 2 aliphatic rings. The Labute approximate surface area is 113 Å². The van der Waals surface area contributed by atoms with Crippen molar-refractivity contribution in [2.24, 2.45) is 11.0 Å². The van der Waals surface area contributed by atoms with Gasteiger partial charge in [0, 0.05) is 20.7 Å². The van der Waals surface area contributed by atoms with Crippen molar-refractivity contribution >= 4 is 21.8 Å². The molecule has 2 aliphatic carbocycles. The fraction of sp³-hybridized carbons (Fsp3) is 0.462. The molecule has 1 aromatic carbocycles. The first-order chi connectivity index (χ1) is 8.67. The fourth-order valence-corrected chi connectivity index (χ4v) is 3.71. The van der Waals surface area contributed by atoms with E-state index >= 15 is 0 Å². The largest absolute Gasteiger partial charge is 0.292 e. The summed E-state index contributed by atoms with van der Waals surface area (Å²) in [4.78, 5) is 14.3. The normalized spacial score (nSPS) is 28.4. The van der Waals surface area contributed by atoms with Crippen LogP contribution in [0.5, 0.6) is 0 Å². The van der Waals surface area contributed by atoms with Gasteiger partial charge in [0.15, 0.2) is 0 Å². The zero-order chi connectivity index (χ0) is 12.8. The van der Waals surface area contributed by atoms with Gasteiger partial charge in [-0.1, -0.05) is 22.0 Å². The van der Waals surface area contributed by atoms with Gasteiger partial charge in [0.05, 0.1) is 0 Å². The fourth-order valence-electron chi connectivity index (χ4n) is 3.30. The summed E-state index contributed by atoms with van der Waals surface area (Å²) >= 11 is 3.48. The van der Waals surface area contributed by atoms with Crippen LogP contribution in [0.15, 0.2) is 27.8 Å². The summed E-state index contributed by atoms with van der Waals surface area (Å²) < 4.78 is 1.08. The third-order valence-corrected chi connectivity index (χ3v) is 4.68. The molecule has 2 atom stereocenters. The monoisotopic (exact) mass is 305 g/mol. The SMILES string of the molecule is [N-]=[N+]=NC(=O)C1CC12CCCc1cc(Br)ccc12. The number of halogens is 1. The molecule has 1 fully saturated rings. The van der Waals surface area contributed by atoms with Gasteiger partial charge in [0.2, 0.25) is 5.91 Å². The maximum Gasteiger partial charge on any atom is 0.222 e. The molecule has 5 heteroatoms. The van der Waals surface area contributed by atoms with Crippen molar-refractivity contribution < 1.29 is 4.79 Å². The lowest BCUT2D eigenvalue weighted by Crippen LogP contribution is -2.20. The Balaban J connectivity index is 1.99. The average Bonchev–Trinajstić information content (AvgIpc) is 3.05. The summed E-state index contributed by atoms with van der Waals surface area (Å²) in [5.41, 5.74) is 10.9. The van der Waals surface area contributed by atoms with Crippen molar-refractivity contribution in [2.45, 2.75) is 31.1 Å². The quantitative estimate of drug-likeness (QED) is 0.441. The van der Waals surface area contributed by atoms with E-state index in [-0.39, 0.29) is 17.2 Å². The standard InChI is InChI=1S/C13H12BrN3O/c14-9-3-4-10-8(6-9)2-1-5-13(10)7-11(13)12(18)16-17-15/h3-4,6,11H,1-2,5,7H2. The zero-order valence-electron chi connectivity index (χ0n) is 9.77. The number of carbonyl (C=O) groups is 1. The smallest absolute Gasteiger partial charge is 0.222 e. The van der Waals surface area contributed by atoms with Crippen LogP contribution in [-0.2, 0) is 16.6 Å². The molecular formula is C13H12BrN3O. The number of azide groups is 1. The zero-order valence-corrected chi connectivity index (χ0v) is 11.4. The summed E-state index contributed by atoms with van der Waals surface area (Å²) in [7, 11) is 0. The molecule has 3 rings (SSSR count). The van der Waals surface area contributed by atoms with Crippen LogP contribution in [0.2, 0.25) is 0 Å². The Hall–Kier alpha value is -1.32. The van der Waals surface area contributed by atoms with E-state index < -0.39 is 0 Å². The van der Waals surface area contributed by atoms with E-state index in [0.717, 1.165) is 30.2 Å². The molecule has 0 aliphatic heterocycles. The molecule has 0 aromatic heterocycles. The highest BCUT2D eigenvalue weighted by Crippen LogP contribution is 2.60. The molecule has 0 bridgehead atoms. The van der Waals surface area contributed by atoms with Gasteiger partial charge in [-0.05, 0) is 59.6 Å². The molecule has 92 valence electrons. The minimum atomic E-state index is -0.298. The molecule has 0 saturated heterocycles. The topological polar surface area (TPSA) is 65.8 Å². The Bertz CT molecular complexity index is 580. The first-order valence-corrected chi connectivity index (χ1v) is 6.84. The Morgan fingerprint density at radius 1 is 1.56 bits per heavy atom. The summed E-state index contributed by atoms with van der Waals surface area (Å²) in [6, 6.07) is 6.28. The van der Waals surface area contributed by atoms with E-state index in [1.807, 2.05) is 6.07 Å². The molecule has 1 aromatic rings. The van der Waals surface area contributed by atoms with Gasteiger partial charge < -0.3 is 0 Å². The van der Waals surface area contributed by atoms with Gasteiger partial charge in [0.25, 0.3) is 0 Å². The third-order valence-electron chi connectivity index (χ3n) is 4.19. The van der Waals surface area contributed by atoms with Gasteiger partial charge >= 0.3 is 0 Å². The van der Waals surface area contributed by atoms with E-state index in [9.17, 15) is 4.79 Å². The van der Waals surface area contributed by atoms with Crippen molar-refractivity contribution in [1.29, 1.82) is 0 Å². The van der Waals surface area contributed by atoms with E-state index in [1.54, 1.807) is 0 Å². The summed E-state index contributed by atoms with van der Waals surface area (Å²) in [6.45, 7) is 0. The highest BCUT2D eigenvalue weighted by molar-refractivity contribution is 9.10. The highest BCUT2D eigenvalue weighted by atomic mass is 79.9. The number of nitrogens with zero attached hydrogens (tertiary/aromatic N) is 3. The number of benzene rings is 1. The molecule has 0 heterocycles. The molecule has 0 radical (unpaired) electrons. The number of carbonyl (C=O) groups excluding carboxylic acids is 1. The number of hydrogen-bond acceptors (Lipinski definition) is 1. The van der Waals surface area contributed by atoms with Gasteiger partial charge in [-0.15, -0.1) is 0 Å². The summed E-state index contributed by atoms with van der Waals surface area (Å²) in [6.07, 6.45) is 4.03. The lowest BCUT2D eigenvalue weighted by atomic mass is 9.78. The van der Waals surface area contributed by atoms with E-state index in [4.69, 9.17) is 5.53 Å². The number of rotatable bonds is 1. The van der Waals surface area contributed by atoms with Crippen LogP contribution >= 0.6 is 15.9 Å². The average molecular weight is 306 g/mol. The second-order valence-corrected chi connectivity index (χ2v) is 6.01. The van der Waals surface area contributed by atoms with E-state index in [2.05, 4.69) is 38.1 Å². The van der Waals surface area contributed by atoms with Crippen molar-refractivity contribution in [3.8, 4) is 0 Å². The van der Waals surface area contributed by atoms with Crippen LogP contribution in [0.4, 0.5) is 0 Å². The molecular weight excluding hydrogens is 294 g/mol. The minimum Gasteiger partial charge on any atom is -0.292 e. The van der Waals surface area contributed by atoms with Crippen LogP contribution in [0.1, 0.15) is 30.4 Å². The molecule has 2 unspecified atom stereocenters. The molecule has 1 spiro atoms. The van der Waals surface area contributed by atoms with Gasteiger partial charge in [-0.3, -0.25) is 4.79 Å². The first kappa shape index (κ1) is 11.8. The number of fused-ring (bicyclic) bond motifs is 2. The lowest BCUT2D eigenvalue weighted by molar-refractivity contribution is -0.119. The molecule has 0 N–H and O–H groups in total. The maximum atomic E-state index is 11.7. The van der Waals surface area contributed by atoms with Crippen molar-refractivity contribution in [2.75, 3.05) is 0 Å². The van der Waals surface area contributed by atoms with Crippen molar-refractivity contribution in [3.05, 3.63) is 44.2 Å². The van der Waals surface area contributed by atoms with E-state index in [0.29, 0.717) is 0 Å². The lowest BCUT2D eigenvalue weighted by Gasteiger charge is -2.26. The Morgan fingerprint density at radius 3 is 3.17 bits per heavy atom. The van der Waals surface area contributed by atoms with E-state index in [1.165, 1.54) is 11.1 Å². The second-order valence-electron chi connectivity index (χ2n) is 5.10. The molecule has 1 saturated carbocycles. The second kappa shape index (κ2) is 4.11. The molecule has 4 nitrogen and oxygen atoms in total. The predicted molar refractivity (Wildman–Crippen MR) is 71.0 cm³/mol. The summed E-state index contributed by atoms with van der Waals surface area (Å²) in [5, 5.41) is 3.26. The number of aryl methyl sites for hydroxylation is 1. The predicted octanol–water partition coefficient (Wildman–Crippen LogP) is 3.88. The van der Waals surface area contributed by atoms with Crippen LogP contribution in [0, 0.1) is 5.92 Å². The summed E-state index contributed by atoms with van der Waals surface area (Å²) in [5.74, 6) is -0.401. The van der Waals surface area contributed by atoms with Gasteiger partial charge in [-0.2, -0.15) is 0 Å². The van der Waals surface area contributed by atoms with Crippen molar-refractivity contribution in [1.82, 2.24) is 0 Å². The van der Waals surface area contributed by atoms with Crippen LogP contribution in [0.3, 0.4) is 0 Å². The van der Waals surface area contributed by atoms with Gasteiger partial charge in [-0.25, -0.2) is 0 Å². The third kappa shape index (κ3) is 1.66. The minimum absolute atomic E-state index is 0.0421. The van der Waals surface area contributed by atoms with Gasteiger partial charge in [0.1, 0.15) is 0 Å². The highest BCUT2D eigenvalue weighted by Gasteiger charge is 2.59. The van der Waals surface area contributed by atoms with Crippen LogP contribution in [-0.4, -0.2) is 5.91 Å². The molecule has 18 heavy (non-hydrogen) atoms. The number of hydrogen-bond donors (Lipinski definition) is 0. The Morgan fingerprint density at radius 2 is 2.39 bits per heavy atom. The molecule has 1 amide bonds. The van der Waals surface area contributed by atoms with Crippen LogP contribution in [0.25, 0.3) is 10.4 Å². The Kier molecular flexibility index (Phi) is 2.68. The maximum absolute atomic E-state index is 11.7. The van der Waals surface area contributed by atoms with Crippen molar-refractivity contribution in [3.63, 3.8) is 0 Å².